The monoisotopic (exact) mass is 220 g/mol. The first-order valence-corrected chi connectivity index (χ1v) is 4.81. The number of furan rings is 1. The fraction of sp³-hybridized carbons (Fsp3) is 0.250. The van der Waals surface area contributed by atoms with Gasteiger partial charge in [0.25, 0.3) is 0 Å². The molecular weight excluding hydrogens is 208 g/mol. The molecule has 0 radical (unpaired) electrons. The Labute approximate surface area is 92.8 Å². The molecule has 0 aliphatic heterocycles. The summed E-state index contributed by atoms with van der Waals surface area (Å²) in [7, 11) is 2.91. The molecule has 1 aromatic heterocycles. The molecule has 0 saturated carbocycles. The number of esters is 1. The van der Waals surface area contributed by atoms with Crippen LogP contribution in [0.25, 0.3) is 11.0 Å². The van der Waals surface area contributed by atoms with E-state index in [9.17, 15) is 4.79 Å². The van der Waals surface area contributed by atoms with E-state index in [1.165, 1.54) is 13.4 Å². The summed E-state index contributed by atoms with van der Waals surface area (Å²) in [5.74, 6) is 0.205. The number of methoxy groups -OCH3 is 2. The van der Waals surface area contributed by atoms with Gasteiger partial charge in [-0.15, -0.1) is 0 Å². The molecular formula is C12H12O4. The molecule has 0 amide bonds. The maximum atomic E-state index is 11.5. The third-order valence-corrected chi connectivity index (χ3v) is 2.41. The SMILES string of the molecule is COC(=O)c1coc2c(OC)cc(C)cc12. The molecule has 0 aliphatic carbocycles. The normalized spacial score (nSPS) is 10.4. The van der Waals surface area contributed by atoms with E-state index in [0.717, 1.165) is 5.56 Å². The second-order valence-electron chi connectivity index (χ2n) is 3.48. The Bertz CT molecular complexity index is 539. The van der Waals surface area contributed by atoms with Gasteiger partial charge >= 0.3 is 5.97 Å². The number of aryl methyl sites for hydroxylation is 1. The summed E-state index contributed by atoms with van der Waals surface area (Å²) >= 11 is 0. The first-order chi connectivity index (χ1) is 7.67. The summed E-state index contributed by atoms with van der Waals surface area (Å²) in [4.78, 5) is 11.5. The van der Waals surface area contributed by atoms with Crippen molar-refractivity contribution >= 4 is 16.9 Å². The minimum Gasteiger partial charge on any atom is -0.493 e. The Kier molecular flexibility index (Phi) is 2.56. The number of hydrogen-bond acceptors (Lipinski definition) is 4. The minimum absolute atomic E-state index is 0.411. The number of benzene rings is 1. The number of carbonyl (C=O) groups is 1. The van der Waals surface area contributed by atoms with Crippen LogP contribution >= 0.6 is 0 Å². The molecule has 84 valence electrons. The van der Waals surface area contributed by atoms with Crippen molar-refractivity contribution < 1.29 is 18.7 Å². The van der Waals surface area contributed by atoms with Crippen LogP contribution in [0.5, 0.6) is 5.75 Å². The number of rotatable bonds is 2. The van der Waals surface area contributed by atoms with Crippen LogP contribution in [0, 0.1) is 6.92 Å². The van der Waals surface area contributed by atoms with E-state index >= 15 is 0 Å². The van der Waals surface area contributed by atoms with E-state index in [1.807, 2.05) is 19.1 Å². The zero-order valence-corrected chi connectivity index (χ0v) is 9.37. The molecule has 2 rings (SSSR count). The summed E-state index contributed by atoms with van der Waals surface area (Å²) in [5, 5.41) is 0.712. The molecule has 4 heteroatoms. The van der Waals surface area contributed by atoms with E-state index in [4.69, 9.17) is 9.15 Å². The smallest absolute Gasteiger partial charge is 0.341 e. The lowest BCUT2D eigenvalue weighted by atomic mass is 10.1. The van der Waals surface area contributed by atoms with Crippen molar-refractivity contribution in [3.8, 4) is 5.75 Å². The number of ether oxygens (including phenoxy) is 2. The zero-order chi connectivity index (χ0) is 11.7. The predicted octanol–water partition coefficient (Wildman–Crippen LogP) is 2.54. The van der Waals surface area contributed by atoms with Crippen molar-refractivity contribution in [2.75, 3.05) is 14.2 Å². The molecule has 0 saturated heterocycles. The summed E-state index contributed by atoms with van der Waals surface area (Å²) in [5.41, 5.74) is 1.98. The van der Waals surface area contributed by atoms with Crippen LogP contribution in [0.2, 0.25) is 0 Å². The lowest BCUT2D eigenvalue weighted by Crippen LogP contribution is -1.99. The van der Waals surface area contributed by atoms with E-state index in [-0.39, 0.29) is 0 Å². The minimum atomic E-state index is -0.411. The highest BCUT2D eigenvalue weighted by atomic mass is 16.5. The molecule has 0 fully saturated rings. The second-order valence-corrected chi connectivity index (χ2v) is 3.48. The quantitative estimate of drug-likeness (QED) is 0.730. The number of carbonyl (C=O) groups excluding carboxylic acids is 1. The van der Waals surface area contributed by atoms with Crippen LogP contribution in [0.15, 0.2) is 22.8 Å². The molecule has 2 aromatic rings. The molecule has 0 unspecified atom stereocenters. The van der Waals surface area contributed by atoms with Crippen molar-refractivity contribution in [1.82, 2.24) is 0 Å². The Hall–Kier alpha value is -1.97. The average molecular weight is 220 g/mol. The Morgan fingerprint density at radius 3 is 2.69 bits per heavy atom. The molecule has 16 heavy (non-hydrogen) atoms. The van der Waals surface area contributed by atoms with Gasteiger partial charge in [-0.25, -0.2) is 4.79 Å². The third kappa shape index (κ3) is 1.52. The van der Waals surface area contributed by atoms with Crippen LogP contribution in [0.1, 0.15) is 15.9 Å². The highest BCUT2D eigenvalue weighted by Gasteiger charge is 2.17. The molecule has 0 bridgehead atoms. The summed E-state index contributed by atoms with van der Waals surface area (Å²) in [6, 6.07) is 3.72. The van der Waals surface area contributed by atoms with Crippen molar-refractivity contribution in [3.05, 3.63) is 29.5 Å². The highest BCUT2D eigenvalue weighted by Crippen LogP contribution is 2.31. The van der Waals surface area contributed by atoms with Gasteiger partial charge in [-0.05, 0) is 24.6 Å². The fourth-order valence-electron chi connectivity index (χ4n) is 1.66. The molecule has 1 heterocycles. The summed E-state index contributed by atoms with van der Waals surface area (Å²) in [6.45, 7) is 1.93. The topological polar surface area (TPSA) is 48.7 Å². The molecule has 1 aromatic carbocycles. The largest absolute Gasteiger partial charge is 0.493 e. The van der Waals surface area contributed by atoms with E-state index in [1.54, 1.807) is 7.11 Å². The van der Waals surface area contributed by atoms with Crippen LogP contribution < -0.4 is 4.74 Å². The van der Waals surface area contributed by atoms with Crippen molar-refractivity contribution in [1.29, 1.82) is 0 Å². The first kappa shape index (κ1) is 10.5. The van der Waals surface area contributed by atoms with Crippen molar-refractivity contribution in [3.63, 3.8) is 0 Å². The molecule has 0 N–H and O–H groups in total. The van der Waals surface area contributed by atoms with E-state index < -0.39 is 5.97 Å². The van der Waals surface area contributed by atoms with Gasteiger partial charge in [0, 0.05) is 5.39 Å². The Morgan fingerprint density at radius 1 is 1.31 bits per heavy atom. The number of hydrogen-bond donors (Lipinski definition) is 0. The first-order valence-electron chi connectivity index (χ1n) is 4.81. The summed E-state index contributed by atoms with van der Waals surface area (Å²) < 4.78 is 15.2. The standard InChI is InChI=1S/C12H12O4/c1-7-4-8-9(12(13)15-3)6-16-11(8)10(5-7)14-2/h4-6H,1-3H3. The molecule has 0 spiro atoms. The van der Waals surface area contributed by atoms with Crippen LogP contribution in [-0.2, 0) is 4.74 Å². The van der Waals surface area contributed by atoms with Gasteiger partial charge in [0.1, 0.15) is 11.8 Å². The predicted molar refractivity (Wildman–Crippen MR) is 58.8 cm³/mol. The van der Waals surface area contributed by atoms with Gasteiger partial charge in [-0.2, -0.15) is 0 Å². The van der Waals surface area contributed by atoms with Crippen molar-refractivity contribution in [2.45, 2.75) is 6.92 Å². The maximum absolute atomic E-state index is 11.5. The van der Waals surface area contributed by atoms with Gasteiger partial charge < -0.3 is 13.9 Å². The van der Waals surface area contributed by atoms with E-state index in [2.05, 4.69) is 4.74 Å². The van der Waals surface area contributed by atoms with Crippen LogP contribution in [-0.4, -0.2) is 20.2 Å². The average Bonchev–Trinajstić information content (AvgIpc) is 2.70. The fourth-order valence-corrected chi connectivity index (χ4v) is 1.66. The van der Waals surface area contributed by atoms with Crippen LogP contribution in [0.3, 0.4) is 0 Å². The van der Waals surface area contributed by atoms with Gasteiger partial charge in [0.15, 0.2) is 11.3 Å². The Morgan fingerprint density at radius 2 is 2.06 bits per heavy atom. The lowest BCUT2D eigenvalue weighted by Gasteiger charge is -2.02. The van der Waals surface area contributed by atoms with Gasteiger partial charge in [0.05, 0.1) is 14.2 Å². The zero-order valence-electron chi connectivity index (χ0n) is 9.37. The highest BCUT2D eigenvalue weighted by molar-refractivity contribution is 6.04. The summed E-state index contributed by atoms with van der Waals surface area (Å²) in [6.07, 6.45) is 1.39. The molecule has 0 aliphatic rings. The lowest BCUT2D eigenvalue weighted by molar-refractivity contribution is 0.0602. The van der Waals surface area contributed by atoms with E-state index in [0.29, 0.717) is 22.3 Å². The van der Waals surface area contributed by atoms with Crippen molar-refractivity contribution in [2.24, 2.45) is 0 Å². The third-order valence-electron chi connectivity index (χ3n) is 2.41. The number of fused-ring (bicyclic) bond motifs is 1. The Balaban J connectivity index is 2.72. The second kappa shape index (κ2) is 3.89. The van der Waals surface area contributed by atoms with Gasteiger partial charge in [0.2, 0.25) is 0 Å². The molecule has 4 nitrogen and oxygen atoms in total. The maximum Gasteiger partial charge on any atom is 0.341 e. The van der Waals surface area contributed by atoms with Crippen LogP contribution in [0.4, 0.5) is 0 Å². The van der Waals surface area contributed by atoms with Gasteiger partial charge in [-0.3, -0.25) is 0 Å². The molecule has 0 atom stereocenters. The van der Waals surface area contributed by atoms with Gasteiger partial charge in [-0.1, -0.05) is 0 Å².